The van der Waals surface area contributed by atoms with Gasteiger partial charge < -0.3 is 14.7 Å². The van der Waals surface area contributed by atoms with Crippen LogP contribution in [0, 0.1) is 13.8 Å². The molecule has 0 bridgehead atoms. The SMILES string of the molecule is CCOC(=O)/C(CCCCOc1cc(C)ccc1C)=N\O. The van der Waals surface area contributed by atoms with Crippen LogP contribution in [0.4, 0.5) is 0 Å². The van der Waals surface area contributed by atoms with Crippen molar-refractivity contribution in [2.75, 3.05) is 13.2 Å². The Morgan fingerprint density at radius 1 is 1.29 bits per heavy atom. The van der Waals surface area contributed by atoms with Crippen molar-refractivity contribution in [2.24, 2.45) is 5.16 Å². The van der Waals surface area contributed by atoms with Gasteiger partial charge in [0.1, 0.15) is 5.75 Å². The van der Waals surface area contributed by atoms with Crippen molar-refractivity contribution >= 4 is 11.7 Å². The predicted molar refractivity (Wildman–Crippen MR) is 81.1 cm³/mol. The van der Waals surface area contributed by atoms with E-state index < -0.39 is 5.97 Å². The highest BCUT2D eigenvalue weighted by Gasteiger charge is 2.12. The summed E-state index contributed by atoms with van der Waals surface area (Å²) in [6, 6.07) is 6.09. The maximum Gasteiger partial charge on any atom is 0.356 e. The van der Waals surface area contributed by atoms with Crippen LogP contribution in [0.1, 0.15) is 37.3 Å². The van der Waals surface area contributed by atoms with E-state index in [-0.39, 0.29) is 12.3 Å². The predicted octanol–water partition coefficient (Wildman–Crippen LogP) is 3.25. The van der Waals surface area contributed by atoms with Gasteiger partial charge in [-0.1, -0.05) is 17.3 Å². The van der Waals surface area contributed by atoms with Crippen LogP contribution in [-0.4, -0.2) is 30.1 Å². The Morgan fingerprint density at radius 3 is 2.71 bits per heavy atom. The molecule has 116 valence electrons. The van der Waals surface area contributed by atoms with E-state index in [1.54, 1.807) is 6.92 Å². The number of hydrogen-bond acceptors (Lipinski definition) is 5. The highest BCUT2D eigenvalue weighted by atomic mass is 16.5. The smallest absolute Gasteiger partial charge is 0.356 e. The van der Waals surface area contributed by atoms with Crippen molar-refractivity contribution in [1.82, 2.24) is 0 Å². The molecular formula is C16H23NO4. The number of hydrogen-bond donors (Lipinski definition) is 1. The summed E-state index contributed by atoms with van der Waals surface area (Å²) in [6.45, 7) is 6.58. The normalized spacial score (nSPS) is 11.3. The standard InChI is InChI=1S/C16H23NO4/c1-4-20-16(18)14(17-19)7-5-6-10-21-15-11-12(2)8-9-13(15)3/h8-9,11,19H,4-7,10H2,1-3H3/b17-14-. The molecule has 0 unspecified atom stereocenters. The molecule has 0 aliphatic carbocycles. The van der Waals surface area contributed by atoms with Crippen molar-refractivity contribution < 1.29 is 19.5 Å². The van der Waals surface area contributed by atoms with Gasteiger partial charge in [-0.3, -0.25) is 0 Å². The topological polar surface area (TPSA) is 68.1 Å². The number of carbonyl (C=O) groups is 1. The summed E-state index contributed by atoms with van der Waals surface area (Å²) in [7, 11) is 0. The molecular weight excluding hydrogens is 270 g/mol. The van der Waals surface area contributed by atoms with Crippen LogP contribution in [-0.2, 0) is 9.53 Å². The second kappa shape index (κ2) is 9.00. The first-order chi connectivity index (χ1) is 10.1. The largest absolute Gasteiger partial charge is 0.493 e. The molecule has 0 aromatic heterocycles. The van der Waals surface area contributed by atoms with Crippen molar-refractivity contribution in [3.8, 4) is 5.75 Å². The first-order valence-corrected chi connectivity index (χ1v) is 7.16. The molecule has 0 radical (unpaired) electrons. The van der Waals surface area contributed by atoms with Gasteiger partial charge in [0.2, 0.25) is 0 Å². The van der Waals surface area contributed by atoms with E-state index in [9.17, 15) is 4.79 Å². The van der Waals surface area contributed by atoms with E-state index in [0.717, 1.165) is 23.3 Å². The van der Waals surface area contributed by atoms with Crippen LogP contribution >= 0.6 is 0 Å². The molecule has 0 heterocycles. The lowest BCUT2D eigenvalue weighted by Crippen LogP contribution is -2.17. The fraction of sp³-hybridized carbons (Fsp3) is 0.500. The highest BCUT2D eigenvalue weighted by Crippen LogP contribution is 2.19. The number of carbonyl (C=O) groups excluding carboxylic acids is 1. The summed E-state index contributed by atoms with van der Waals surface area (Å²) >= 11 is 0. The molecule has 1 aromatic rings. The average Bonchev–Trinajstić information content (AvgIpc) is 2.46. The minimum atomic E-state index is -0.560. The zero-order valence-electron chi connectivity index (χ0n) is 12.9. The molecule has 0 spiro atoms. The summed E-state index contributed by atoms with van der Waals surface area (Å²) in [5, 5.41) is 11.8. The second-order valence-corrected chi connectivity index (χ2v) is 4.84. The Bertz CT molecular complexity index is 497. The number of ether oxygens (including phenoxy) is 2. The van der Waals surface area contributed by atoms with Gasteiger partial charge in [-0.25, -0.2) is 4.79 Å². The number of esters is 1. The van der Waals surface area contributed by atoms with Crippen LogP contribution in [0.2, 0.25) is 0 Å². The van der Waals surface area contributed by atoms with Gasteiger partial charge in [0.05, 0.1) is 13.2 Å². The first-order valence-electron chi connectivity index (χ1n) is 7.16. The number of aryl methyl sites for hydroxylation is 2. The fourth-order valence-corrected chi connectivity index (χ4v) is 1.85. The molecule has 1 rings (SSSR count). The minimum absolute atomic E-state index is 0.0589. The van der Waals surface area contributed by atoms with Gasteiger partial charge >= 0.3 is 5.97 Å². The monoisotopic (exact) mass is 293 g/mol. The Morgan fingerprint density at radius 2 is 2.05 bits per heavy atom. The van der Waals surface area contributed by atoms with E-state index in [1.807, 2.05) is 32.0 Å². The quantitative estimate of drug-likeness (QED) is 0.263. The lowest BCUT2D eigenvalue weighted by Gasteiger charge is -2.10. The molecule has 1 aromatic carbocycles. The molecule has 0 fully saturated rings. The number of benzene rings is 1. The van der Waals surface area contributed by atoms with Crippen molar-refractivity contribution in [1.29, 1.82) is 0 Å². The molecule has 0 amide bonds. The molecule has 0 saturated heterocycles. The third-order valence-corrected chi connectivity index (χ3v) is 3.04. The first kappa shape index (κ1) is 17.0. The van der Waals surface area contributed by atoms with Crippen LogP contribution in [0.15, 0.2) is 23.4 Å². The summed E-state index contributed by atoms with van der Waals surface area (Å²) in [4.78, 5) is 11.4. The molecule has 5 nitrogen and oxygen atoms in total. The molecule has 0 saturated carbocycles. The third-order valence-electron chi connectivity index (χ3n) is 3.04. The molecule has 0 aliphatic heterocycles. The van der Waals surface area contributed by atoms with E-state index in [2.05, 4.69) is 5.16 Å². The lowest BCUT2D eigenvalue weighted by molar-refractivity contribution is -0.135. The van der Waals surface area contributed by atoms with Crippen LogP contribution < -0.4 is 4.74 Å². The number of oxime groups is 1. The maximum atomic E-state index is 11.4. The van der Waals surface area contributed by atoms with E-state index in [1.165, 1.54) is 0 Å². The Labute approximate surface area is 125 Å². The zero-order valence-corrected chi connectivity index (χ0v) is 12.9. The number of nitrogens with zero attached hydrogens (tertiary/aromatic N) is 1. The molecule has 5 heteroatoms. The van der Waals surface area contributed by atoms with Crippen LogP contribution in [0.3, 0.4) is 0 Å². The number of rotatable bonds is 8. The van der Waals surface area contributed by atoms with Gasteiger partial charge in [0.15, 0.2) is 5.71 Å². The van der Waals surface area contributed by atoms with E-state index in [4.69, 9.17) is 14.7 Å². The Kier molecular flexibility index (Phi) is 7.29. The highest BCUT2D eigenvalue weighted by molar-refractivity contribution is 6.36. The van der Waals surface area contributed by atoms with Gasteiger partial charge in [-0.15, -0.1) is 0 Å². The van der Waals surface area contributed by atoms with Crippen molar-refractivity contribution in [3.63, 3.8) is 0 Å². The zero-order chi connectivity index (χ0) is 15.7. The minimum Gasteiger partial charge on any atom is -0.493 e. The van der Waals surface area contributed by atoms with Gasteiger partial charge in [0.25, 0.3) is 0 Å². The van der Waals surface area contributed by atoms with Gasteiger partial charge in [-0.05, 0) is 50.8 Å². The Balaban J connectivity index is 2.31. The second-order valence-electron chi connectivity index (χ2n) is 4.84. The van der Waals surface area contributed by atoms with E-state index in [0.29, 0.717) is 19.4 Å². The van der Waals surface area contributed by atoms with Crippen molar-refractivity contribution in [3.05, 3.63) is 29.3 Å². The van der Waals surface area contributed by atoms with E-state index >= 15 is 0 Å². The number of unbranched alkanes of at least 4 members (excludes halogenated alkanes) is 1. The van der Waals surface area contributed by atoms with Crippen LogP contribution in [0.25, 0.3) is 0 Å². The summed E-state index contributed by atoms with van der Waals surface area (Å²) in [6.07, 6.45) is 1.85. The molecule has 0 aliphatic rings. The molecule has 1 N–H and O–H groups in total. The summed E-state index contributed by atoms with van der Waals surface area (Å²) in [5.74, 6) is 0.326. The summed E-state index contributed by atoms with van der Waals surface area (Å²) in [5.41, 5.74) is 2.32. The fourth-order valence-electron chi connectivity index (χ4n) is 1.85. The van der Waals surface area contributed by atoms with Gasteiger partial charge in [-0.2, -0.15) is 0 Å². The Hall–Kier alpha value is -2.04. The summed E-state index contributed by atoms with van der Waals surface area (Å²) < 4.78 is 10.5. The molecule has 0 atom stereocenters. The molecule has 21 heavy (non-hydrogen) atoms. The van der Waals surface area contributed by atoms with Crippen molar-refractivity contribution in [2.45, 2.75) is 40.0 Å². The average molecular weight is 293 g/mol. The van der Waals surface area contributed by atoms with Gasteiger partial charge in [0, 0.05) is 6.42 Å². The lowest BCUT2D eigenvalue weighted by atomic mass is 10.1. The van der Waals surface area contributed by atoms with Crippen LogP contribution in [0.5, 0.6) is 5.75 Å². The maximum absolute atomic E-state index is 11.4. The third kappa shape index (κ3) is 5.85.